The Hall–Kier alpha value is -2.94. The van der Waals surface area contributed by atoms with Gasteiger partial charge in [0.25, 0.3) is 0 Å². The average Bonchev–Trinajstić information content (AvgIpc) is 3.49. The number of hydrogen-bond acceptors (Lipinski definition) is 5. The number of rotatable bonds is 4. The molecule has 3 N–H and O–H groups in total. The van der Waals surface area contributed by atoms with Gasteiger partial charge in [0.2, 0.25) is 5.43 Å². The number of aromatic nitrogens is 1. The lowest BCUT2D eigenvalue weighted by molar-refractivity contribution is -0.139. The van der Waals surface area contributed by atoms with E-state index in [0.29, 0.717) is 18.6 Å². The van der Waals surface area contributed by atoms with E-state index in [2.05, 4.69) is 5.32 Å². The molecule has 1 aliphatic carbocycles. The fourth-order valence-electron chi connectivity index (χ4n) is 3.82. The van der Waals surface area contributed by atoms with Crippen LogP contribution in [0.4, 0.5) is 10.1 Å². The smallest absolute Gasteiger partial charge is 0.341 e. The van der Waals surface area contributed by atoms with Crippen LogP contribution in [-0.2, 0) is 4.79 Å². The Morgan fingerprint density at radius 3 is 2.61 bits per heavy atom. The van der Waals surface area contributed by atoms with Crippen molar-refractivity contribution in [1.29, 1.82) is 0 Å². The lowest BCUT2D eigenvalue weighted by atomic mass is 10.0. The summed E-state index contributed by atoms with van der Waals surface area (Å²) in [4.78, 5) is 37.2. The summed E-state index contributed by atoms with van der Waals surface area (Å²) in [7, 11) is 0. The number of pyridine rings is 1. The van der Waals surface area contributed by atoms with Gasteiger partial charge >= 0.3 is 11.9 Å². The monoisotopic (exact) mass is 389 g/mol. The van der Waals surface area contributed by atoms with Crippen LogP contribution in [0, 0.1) is 12.7 Å². The number of benzene rings is 1. The number of carboxylic acid groups (broad SMARTS) is 2. The fourth-order valence-corrected chi connectivity index (χ4v) is 3.82. The van der Waals surface area contributed by atoms with Crippen LogP contribution in [0.5, 0.6) is 0 Å². The van der Waals surface area contributed by atoms with Gasteiger partial charge < -0.3 is 25.0 Å². The SMILES string of the molecule is Cc1c(F)c(N2CCNC(C(=O)O)C2)cc2c1c(=O)c(C(=O)O)cn2C1CC1. The normalized spacial score (nSPS) is 19.8. The first-order valence-corrected chi connectivity index (χ1v) is 9.12. The van der Waals surface area contributed by atoms with E-state index in [1.807, 2.05) is 0 Å². The summed E-state index contributed by atoms with van der Waals surface area (Å²) in [6.45, 7) is 2.37. The van der Waals surface area contributed by atoms with E-state index in [0.717, 1.165) is 12.8 Å². The number of carbonyl (C=O) groups is 2. The minimum Gasteiger partial charge on any atom is -0.480 e. The molecular weight excluding hydrogens is 369 g/mol. The quantitative estimate of drug-likeness (QED) is 0.724. The molecule has 1 saturated heterocycles. The van der Waals surface area contributed by atoms with Gasteiger partial charge in [-0.15, -0.1) is 0 Å². The van der Waals surface area contributed by atoms with Gasteiger partial charge in [0.15, 0.2) is 0 Å². The van der Waals surface area contributed by atoms with Crippen molar-refractivity contribution in [3.05, 3.63) is 39.4 Å². The van der Waals surface area contributed by atoms with Crippen molar-refractivity contribution in [2.75, 3.05) is 24.5 Å². The highest BCUT2D eigenvalue weighted by Crippen LogP contribution is 2.39. The number of halogens is 1. The maximum absolute atomic E-state index is 15.2. The van der Waals surface area contributed by atoms with Crippen molar-refractivity contribution in [3.63, 3.8) is 0 Å². The highest BCUT2D eigenvalue weighted by atomic mass is 19.1. The number of aryl methyl sites for hydroxylation is 1. The second-order valence-corrected chi connectivity index (χ2v) is 7.34. The van der Waals surface area contributed by atoms with Gasteiger partial charge in [-0.3, -0.25) is 9.59 Å². The first-order chi connectivity index (χ1) is 13.3. The van der Waals surface area contributed by atoms with E-state index in [-0.39, 0.29) is 34.8 Å². The molecule has 2 fully saturated rings. The zero-order valence-electron chi connectivity index (χ0n) is 15.2. The summed E-state index contributed by atoms with van der Waals surface area (Å²) in [5.74, 6) is -2.97. The van der Waals surface area contributed by atoms with Crippen LogP contribution in [0.25, 0.3) is 10.9 Å². The number of piperazine rings is 1. The van der Waals surface area contributed by atoms with Gasteiger partial charge in [0.1, 0.15) is 17.4 Å². The molecule has 0 spiro atoms. The number of aliphatic carboxylic acids is 1. The number of nitrogens with zero attached hydrogens (tertiary/aromatic N) is 2. The van der Waals surface area contributed by atoms with Gasteiger partial charge in [-0.25, -0.2) is 9.18 Å². The van der Waals surface area contributed by atoms with E-state index < -0.39 is 29.2 Å². The molecule has 2 aliphatic rings. The molecule has 1 saturated carbocycles. The maximum Gasteiger partial charge on any atom is 0.341 e. The number of carboxylic acids is 2. The average molecular weight is 389 g/mol. The molecule has 9 heteroatoms. The summed E-state index contributed by atoms with van der Waals surface area (Å²) in [6.07, 6.45) is 3.05. The van der Waals surface area contributed by atoms with Gasteiger partial charge in [-0.1, -0.05) is 0 Å². The molecule has 1 aromatic heterocycles. The lowest BCUT2D eigenvalue weighted by Crippen LogP contribution is -2.54. The number of anilines is 1. The van der Waals surface area contributed by atoms with Crippen LogP contribution in [0.2, 0.25) is 0 Å². The third-order valence-electron chi connectivity index (χ3n) is 5.46. The molecule has 1 aromatic carbocycles. The highest BCUT2D eigenvalue weighted by molar-refractivity contribution is 5.95. The Labute approximate surface area is 159 Å². The predicted octanol–water partition coefficient (Wildman–Crippen LogP) is 1.34. The van der Waals surface area contributed by atoms with Crippen LogP contribution >= 0.6 is 0 Å². The third-order valence-corrected chi connectivity index (χ3v) is 5.46. The first kappa shape index (κ1) is 18.4. The van der Waals surface area contributed by atoms with Crippen LogP contribution in [-0.4, -0.2) is 52.4 Å². The van der Waals surface area contributed by atoms with Crippen molar-refractivity contribution in [2.24, 2.45) is 0 Å². The molecule has 1 atom stereocenters. The summed E-state index contributed by atoms with van der Waals surface area (Å²) >= 11 is 0. The molecular formula is C19H20FN3O5. The second-order valence-electron chi connectivity index (χ2n) is 7.34. The standard InChI is InChI=1S/C19H20FN3O5/c1-9-15-13(23(10-2-3-10)7-11(17(15)24)18(25)26)6-14(16(9)20)22-5-4-21-12(8-22)19(27)28/h6-7,10,12,21H,2-5,8H2,1H3,(H,25,26)(H,27,28). The number of aromatic carboxylic acids is 1. The van der Waals surface area contributed by atoms with Gasteiger partial charge in [-0.05, 0) is 25.8 Å². The van der Waals surface area contributed by atoms with Crippen molar-refractivity contribution in [1.82, 2.24) is 9.88 Å². The minimum absolute atomic E-state index is 0.0676. The number of hydrogen-bond donors (Lipinski definition) is 3. The van der Waals surface area contributed by atoms with Gasteiger partial charge in [-0.2, -0.15) is 0 Å². The summed E-state index contributed by atoms with van der Waals surface area (Å²) in [5, 5.41) is 21.6. The second kappa shape index (κ2) is 6.59. The summed E-state index contributed by atoms with van der Waals surface area (Å²) in [6, 6.07) is 0.811. The molecule has 8 nitrogen and oxygen atoms in total. The third kappa shape index (κ3) is 2.91. The van der Waals surface area contributed by atoms with Crippen LogP contribution in [0.1, 0.15) is 34.8 Å². The number of nitrogens with one attached hydrogen (secondary N) is 1. The largest absolute Gasteiger partial charge is 0.480 e. The molecule has 28 heavy (non-hydrogen) atoms. The zero-order valence-corrected chi connectivity index (χ0v) is 15.2. The molecule has 4 rings (SSSR count). The van der Waals surface area contributed by atoms with Crippen LogP contribution in [0.3, 0.4) is 0 Å². The highest BCUT2D eigenvalue weighted by Gasteiger charge is 2.31. The van der Waals surface area contributed by atoms with Crippen molar-refractivity contribution < 1.29 is 24.2 Å². The van der Waals surface area contributed by atoms with Crippen molar-refractivity contribution >= 4 is 28.5 Å². The van der Waals surface area contributed by atoms with Crippen molar-refractivity contribution in [2.45, 2.75) is 31.8 Å². The first-order valence-electron chi connectivity index (χ1n) is 9.12. The van der Waals surface area contributed by atoms with Crippen LogP contribution < -0.4 is 15.6 Å². The van der Waals surface area contributed by atoms with E-state index in [1.165, 1.54) is 13.1 Å². The van der Waals surface area contributed by atoms with Gasteiger partial charge in [0.05, 0.1) is 16.6 Å². The Kier molecular flexibility index (Phi) is 4.34. The Bertz CT molecular complexity index is 1060. The van der Waals surface area contributed by atoms with E-state index in [9.17, 15) is 24.6 Å². The predicted molar refractivity (Wildman–Crippen MR) is 99.8 cm³/mol. The molecule has 2 aromatic rings. The molecule has 148 valence electrons. The molecule has 0 radical (unpaired) electrons. The van der Waals surface area contributed by atoms with Gasteiger partial charge in [0, 0.05) is 37.4 Å². The van der Waals surface area contributed by atoms with Crippen molar-refractivity contribution in [3.8, 4) is 0 Å². The summed E-state index contributed by atoms with van der Waals surface area (Å²) in [5.41, 5.74) is -0.277. The fraction of sp³-hybridized carbons (Fsp3) is 0.421. The molecule has 1 aliphatic heterocycles. The molecule has 0 bridgehead atoms. The maximum atomic E-state index is 15.2. The zero-order chi connectivity index (χ0) is 20.2. The topological polar surface area (TPSA) is 112 Å². The summed E-state index contributed by atoms with van der Waals surface area (Å²) < 4.78 is 16.9. The Morgan fingerprint density at radius 2 is 2.00 bits per heavy atom. The van der Waals surface area contributed by atoms with E-state index in [4.69, 9.17) is 0 Å². The Balaban J connectivity index is 1.93. The van der Waals surface area contributed by atoms with Crippen LogP contribution in [0.15, 0.2) is 17.1 Å². The van der Waals surface area contributed by atoms with E-state index in [1.54, 1.807) is 15.5 Å². The molecule has 2 heterocycles. The minimum atomic E-state index is -1.34. The number of fused-ring (bicyclic) bond motifs is 1. The molecule has 1 unspecified atom stereocenters. The molecule has 0 amide bonds. The Morgan fingerprint density at radius 1 is 1.29 bits per heavy atom. The lowest BCUT2D eigenvalue weighted by Gasteiger charge is -2.34. The van der Waals surface area contributed by atoms with E-state index >= 15 is 4.39 Å².